The smallest absolute Gasteiger partial charge is 0.321 e. The average Bonchev–Trinajstić information content (AvgIpc) is 3.08. The molecule has 0 bridgehead atoms. The van der Waals surface area contributed by atoms with Crippen LogP contribution in [0.3, 0.4) is 0 Å². The molecule has 9 heteroatoms. The second-order valence-corrected chi connectivity index (χ2v) is 9.23. The van der Waals surface area contributed by atoms with Gasteiger partial charge in [0.1, 0.15) is 17.4 Å². The molecule has 0 spiro atoms. The van der Waals surface area contributed by atoms with Gasteiger partial charge in [-0.1, -0.05) is 31.2 Å². The number of fused-ring (bicyclic) bond motifs is 1. The summed E-state index contributed by atoms with van der Waals surface area (Å²) in [6.07, 6.45) is 2.60. The van der Waals surface area contributed by atoms with Crippen molar-refractivity contribution in [2.24, 2.45) is 0 Å². The third-order valence-corrected chi connectivity index (χ3v) is 6.61. The van der Waals surface area contributed by atoms with E-state index in [1.54, 1.807) is 7.11 Å². The van der Waals surface area contributed by atoms with Crippen LogP contribution in [0.4, 0.5) is 16.3 Å². The van der Waals surface area contributed by atoms with Crippen molar-refractivity contribution in [1.29, 1.82) is 0 Å². The summed E-state index contributed by atoms with van der Waals surface area (Å²) in [5.41, 5.74) is 3.42. The highest BCUT2D eigenvalue weighted by Gasteiger charge is 2.25. The summed E-state index contributed by atoms with van der Waals surface area (Å²) >= 11 is 0. The lowest BCUT2D eigenvalue weighted by Gasteiger charge is -2.24. The Morgan fingerprint density at radius 1 is 1.03 bits per heavy atom. The number of amides is 2. The Morgan fingerprint density at radius 3 is 2.65 bits per heavy atom. The summed E-state index contributed by atoms with van der Waals surface area (Å²) in [4.78, 5) is 27.1. The van der Waals surface area contributed by atoms with Crippen LogP contribution in [0.2, 0.25) is 0 Å². The zero-order valence-electron chi connectivity index (χ0n) is 21.6. The van der Waals surface area contributed by atoms with Crippen LogP contribution in [-0.2, 0) is 6.42 Å². The van der Waals surface area contributed by atoms with Gasteiger partial charge in [0, 0.05) is 44.4 Å². The first-order chi connectivity index (χ1) is 18.1. The molecule has 1 aliphatic heterocycles. The van der Waals surface area contributed by atoms with Crippen molar-refractivity contribution in [3.05, 3.63) is 66.1 Å². The number of carbonyl (C=O) groups is 1. The molecule has 192 valence electrons. The molecule has 5 rings (SSSR count). The van der Waals surface area contributed by atoms with Gasteiger partial charge >= 0.3 is 6.03 Å². The van der Waals surface area contributed by atoms with E-state index in [-0.39, 0.29) is 6.03 Å². The average molecular weight is 500 g/mol. The number of aromatic nitrogens is 4. The van der Waals surface area contributed by atoms with Crippen molar-refractivity contribution in [2.45, 2.75) is 33.1 Å². The normalized spacial score (nSPS) is 14.0. The van der Waals surface area contributed by atoms with Gasteiger partial charge in [0.15, 0.2) is 5.65 Å². The first-order valence-corrected chi connectivity index (χ1v) is 12.8. The number of aryl methyl sites for hydroxylation is 2. The van der Waals surface area contributed by atoms with Gasteiger partial charge in [-0.05, 0) is 44.0 Å². The van der Waals surface area contributed by atoms with Gasteiger partial charge in [-0.15, -0.1) is 0 Å². The fourth-order valence-corrected chi connectivity index (χ4v) is 4.75. The Morgan fingerprint density at radius 2 is 1.86 bits per heavy atom. The summed E-state index contributed by atoms with van der Waals surface area (Å²) in [7, 11) is 1.62. The molecule has 0 radical (unpaired) electrons. The van der Waals surface area contributed by atoms with Gasteiger partial charge in [0.2, 0.25) is 0 Å². The number of hydrogen-bond acceptors (Lipinski definition) is 6. The van der Waals surface area contributed by atoms with Crippen molar-refractivity contribution < 1.29 is 9.53 Å². The van der Waals surface area contributed by atoms with Crippen molar-refractivity contribution in [3.8, 4) is 11.4 Å². The molecule has 9 nitrogen and oxygen atoms in total. The Bertz CT molecular complexity index is 1390. The molecule has 1 aliphatic rings. The maximum Gasteiger partial charge on any atom is 0.321 e. The van der Waals surface area contributed by atoms with Gasteiger partial charge < -0.3 is 19.9 Å². The molecule has 2 aromatic carbocycles. The Kier molecular flexibility index (Phi) is 7.20. The van der Waals surface area contributed by atoms with Crippen LogP contribution in [0.1, 0.15) is 31.3 Å². The van der Waals surface area contributed by atoms with Crippen LogP contribution < -0.4 is 15.0 Å². The second-order valence-electron chi connectivity index (χ2n) is 9.23. The molecule has 37 heavy (non-hydrogen) atoms. The molecule has 0 saturated carbocycles. The quantitative estimate of drug-likeness (QED) is 0.409. The van der Waals surface area contributed by atoms with Crippen molar-refractivity contribution in [2.75, 3.05) is 43.5 Å². The number of benzene rings is 2. The minimum Gasteiger partial charge on any atom is -0.497 e. The molecule has 0 unspecified atom stereocenters. The van der Waals surface area contributed by atoms with Crippen LogP contribution in [0.25, 0.3) is 16.7 Å². The molecule has 3 heterocycles. The molecule has 0 aliphatic carbocycles. The summed E-state index contributed by atoms with van der Waals surface area (Å²) in [5.74, 6) is 2.43. The van der Waals surface area contributed by atoms with Gasteiger partial charge in [-0.25, -0.2) is 19.4 Å². The summed E-state index contributed by atoms with van der Waals surface area (Å²) < 4.78 is 7.19. The Labute approximate surface area is 217 Å². The van der Waals surface area contributed by atoms with Crippen LogP contribution >= 0.6 is 0 Å². The van der Waals surface area contributed by atoms with E-state index in [4.69, 9.17) is 19.8 Å². The summed E-state index contributed by atoms with van der Waals surface area (Å²) in [6.45, 7) is 6.90. The predicted molar refractivity (Wildman–Crippen MR) is 146 cm³/mol. The molecule has 1 N–H and O–H groups in total. The van der Waals surface area contributed by atoms with Gasteiger partial charge in [-0.3, -0.25) is 0 Å². The van der Waals surface area contributed by atoms with Gasteiger partial charge in [-0.2, -0.15) is 5.10 Å². The molecular formula is C28H33N7O2. The lowest BCUT2D eigenvalue weighted by atomic mass is 10.2. The van der Waals surface area contributed by atoms with Crippen LogP contribution in [0, 0.1) is 6.92 Å². The largest absolute Gasteiger partial charge is 0.497 e. The lowest BCUT2D eigenvalue weighted by molar-refractivity contribution is 0.215. The monoisotopic (exact) mass is 499 g/mol. The van der Waals surface area contributed by atoms with E-state index in [1.807, 2.05) is 71.1 Å². The molecule has 1 fully saturated rings. The zero-order valence-corrected chi connectivity index (χ0v) is 21.6. The van der Waals surface area contributed by atoms with E-state index in [0.717, 1.165) is 65.6 Å². The predicted octanol–water partition coefficient (Wildman–Crippen LogP) is 4.83. The minimum atomic E-state index is -0.109. The number of ether oxygens (including phenoxy) is 1. The minimum absolute atomic E-state index is 0.109. The van der Waals surface area contributed by atoms with Crippen LogP contribution in [-0.4, -0.2) is 64.0 Å². The van der Waals surface area contributed by atoms with Crippen molar-refractivity contribution >= 4 is 28.6 Å². The van der Waals surface area contributed by atoms with E-state index in [9.17, 15) is 4.79 Å². The highest BCUT2D eigenvalue weighted by molar-refractivity contribution is 5.91. The number of nitrogens with one attached hydrogen (secondary N) is 1. The molecular weight excluding hydrogens is 466 g/mol. The fraction of sp³-hybridized carbons (Fsp3) is 0.357. The first kappa shape index (κ1) is 24.5. The number of anilines is 2. The van der Waals surface area contributed by atoms with E-state index in [1.165, 1.54) is 0 Å². The third kappa shape index (κ3) is 5.21. The van der Waals surface area contributed by atoms with Gasteiger partial charge in [0.25, 0.3) is 0 Å². The lowest BCUT2D eigenvalue weighted by Crippen LogP contribution is -2.38. The SMILES string of the molecule is CCCc1nc(N2CCCN(C(=O)Nc3cccc(OC)c3)CC2)c2c(C)nn(-c3ccccc3)c2n1. The number of urea groups is 1. The standard InChI is InChI=1S/C28H33N7O2/c1-4-10-24-30-26(25-20(2)32-35(27(25)31-24)22-12-6-5-7-13-22)33-15-9-16-34(18-17-33)28(36)29-21-11-8-14-23(19-21)37-3/h5-8,11-14,19H,4,9-10,15-18H2,1-3H3,(H,29,36). The highest BCUT2D eigenvalue weighted by Crippen LogP contribution is 2.30. The molecule has 0 atom stereocenters. The third-order valence-electron chi connectivity index (χ3n) is 6.61. The molecule has 1 saturated heterocycles. The number of rotatable bonds is 6. The van der Waals surface area contributed by atoms with E-state index in [0.29, 0.717) is 25.4 Å². The maximum absolute atomic E-state index is 13.0. The molecule has 4 aromatic rings. The maximum atomic E-state index is 13.0. The zero-order chi connectivity index (χ0) is 25.8. The van der Waals surface area contributed by atoms with Crippen LogP contribution in [0.5, 0.6) is 5.75 Å². The first-order valence-electron chi connectivity index (χ1n) is 12.8. The number of methoxy groups -OCH3 is 1. The Balaban J connectivity index is 1.42. The van der Waals surface area contributed by atoms with Crippen molar-refractivity contribution in [3.63, 3.8) is 0 Å². The second kappa shape index (κ2) is 10.9. The number of hydrogen-bond donors (Lipinski definition) is 1. The van der Waals surface area contributed by atoms with Crippen LogP contribution in [0.15, 0.2) is 54.6 Å². The van der Waals surface area contributed by atoms with E-state index < -0.39 is 0 Å². The Hall–Kier alpha value is -4.14. The molecule has 2 aromatic heterocycles. The fourth-order valence-electron chi connectivity index (χ4n) is 4.75. The number of para-hydroxylation sites is 1. The summed E-state index contributed by atoms with van der Waals surface area (Å²) in [5, 5.41) is 8.82. The topological polar surface area (TPSA) is 88.4 Å². The molecule has 2 amide bonds. The van der Waals surface area contributed by atoms with E-state index >= 15 is 0 Å². The van der Waals surface area contributed by atoms with Gasteiger partial charge in [0.05, 0.1) is 23.9 Å². The van der Waals surface area contributed by atoms with E-state index in [2.05, 4.69) is 17.1 Å². The van der Waals surface area contributed by atoms with Crippen molar-refractivity contribution in [1.82, 2.24) is 24.6 Å². The highest BCUT2D eigenvalue weighted by atomic mass is 16.5. The number of carbonyl (C=O) groups excluding carboxylic acids is 1. The summed E-state index contributed by atoms with van der Waals surface area (Å²) in [6, 6.07) is 17.4. The number of nitrogens with zero attached hydrogens (tertiary/aromatic N) is 6.